The van der Waals surface area contributed by atoms with Crippen molar-refractivity contribution in [3.05, 3.63) is 124 Å². The van der Waals surface area contributed by atoms with Crippen molar-refractivity contribution >= 4 is 17.3 Å². The average Bonchev–Trinajstić information content (AvgIpc) is 3.50. The first-order valence-corrected chi connectivity index (χ1v) is 12.6. The minimum Gasteiger partial charge on any atom is -0.497 e. The van der Waals surface area contributed by atoms with Gasteiger partial charge in [-0.3, -0.25) is 9.59 Å². The molecular formula is C31H28N4O5. The summed E-state index contributed by atoms with van der Waals surface area (Å²) in [6, 6.07) is 23.1. The lowest BCUT2D eigenvalue weighted by Crippen LogP contribution is -2.24. The highest BCUT2D eigenvalue weighted by atomic mass is 16.5. The maximum absolute atomic E-state index is 13.8. The third-order valence-electron chi connectivity index (χ3n) is 6.43. The van der Waals surface area contributed by atoms with Gasteiger partial charge in [0, 0.05) is 11.3 Å². The van der Waals surface area contributed by atoms with Crippen LogP contribution in [0.3, 0.4) is 0 Å². The summed E-state index contributed by atoms with van der Waals surface area (Å²) in [5, 5.41) is 10.4. The Bertz CT molecular complexity index is 1690. The molecule has 0 atom stereocenters. The van der Waals surface area contributed by atoms with E-state index in [0.717, 1.165) is 11.1 Å². The topological polar surface area (TPSA) is 108 Å². The normalized spacial score (nSPS) is 10.7. The van der Waals surface area contributed by atoms with Crippen molar-refractivity contribution in [2.45, 2.75) is 20.4 Å². The Hall–Kier alpha value is -5.31. The van der Waals surface area contributed by atoms with Crippen molar-refractivity contribution < 1.29 is 18.7 Å². The monoisotopic (exact) mass is 536 g/mol. The molecule has 0 aliphatic carbocycles. The Morgan fingerprint density at radius 3 is 2.52 bits per heavy atom. The van der Waals surface area contributed by atoms with E-state index in [0.29, 0.717) is 34.2 Å². The van der Waals surface area contributed by atoms with E-state index in [1.807, 2.05) is 32.0 Å². The quantitative estimate of drug-likeness (QED) is 0.241. The number of methoxy groups -OCH3 is 1. The van der Waals surface area contributed by atoms with E-state index in [9.17, 15) is 9.59 Å². The van der Waals surface area contributed by atoms with Crippen molar-refractivity contribution in [1.82, 2.24) is 15.1 Å². The fourth-order valence-corrected chi connectivity index (χ4v) is 4.06. The molecule has 3 aromatic carbocycles. The van der Waals surface area contributed by atoms with Gasteiger partial charge in [-0.2, -0.15) is 9.78 Å². The van der Waals surface area contributed by atoms with Crippen LogP contribution in [0.2, 0.25) is 0 Å². The zero-order valence-corrected chi connectivity index (χ0v) is 22.3. The van der Waals surface area contributed by atoms with Gasteiger partial charge in [-0.05, 0) is 85.6 Å². The van der Waals surface area contributed by atoms with Crippen LogP contribution < -0.4 is 25.7 Å². The predicted octanol–water partition coefficient (Wildman–Crippen LogP) is 5.92. The van der Waals surface area contributed by atoms with Gasteiger partial charge in [0.1, 0.15) is 17.3 Å². The lowest BCUT2D eigenvalue weighted by atomic mass is 10.1. The third-order valence-corrected chi connectivity index (χ3v) is 6.43. The Labute approximate surface area is 231 Å². The highest BCUT2D eigenvalue weighted by molar-refractivity contribution is 5.95. The van der Waals surface area contributed by atoms with E-state index < -0.39 is 5.56 Å². The second kappa shape index (κ2) is 11.6. The van der Waals surface area contributed by atoms with Gasteiger partial charge >= 0.3 is 0 Å². The summed E-state index contributed by atoms with van der Waals surface area (Å²) >= 11 is 0. The number of carbonyl (C=O) groups is 1. The number of aromatic nitrogens is 2. The number of hydrogen-bond donors (Lipinski definition) is 2. The van der Waals surface area contributed by atoms with Gasteiger partial charge in [0.2, 0.25) is 0 Å². The highest BCUT2D eigenvalue weighted by Gasteiger charge is 2.17. The minimum atomic E-state index is -0.430. The summed E-state index contributed by atoms with van der Waals surface area (Å²) in [6.07, 6.45) is 3.05. The van der Waals surface area contributed by atoms with E-state index >= 15 is 0 Å². The molecule has 9 heteroatoms. The van der Waals surface area contributed by atoms with Crippen LogP contribution in [0.4, 0.5) is 11.4 Å². The van der Waals surface area contributed by atoms with E-state index in [4.69, 9.17) is 13.9 Å². The molecule has 2 aromatic heterocycles. The number of rotatable bonds is 9. The van der Waals surface area contributed by atoms with Crippen LogP contribution in [0, 0.1) is 13.8 Å². The molecule has 9 nitrogen and oxygen atoms in total. The zero-order valence-electron chi connectivity index (χ0n) is 22.3. The molecule has 0 saturated carbocycles. The van der Waals surface area contributed by atoms with Crippen LogP contribution in [0.5, 0.6) is 17.2 Å². The van der Waals surface area contributed by atoms with Crippen LogP contribution in [0.1, 0.15) is 27.2 Å². The summed E-state index contributed by atoms with van der Waals surface area (Å²) in [4.78, 5) is 26.6. The van der Waals surface area contributed by atoms with E-state index in [-0.39, 0.29) is 23.9 Å². The minimum absolute atomic E-state index is 0.167. The van der Waals surface area contributed by atoms with Crippen molar-refractivity contribution in [1.29, 1.82) is 0 Å². The largest absolute Gasteiger partial charge is 0.497 e. The molecule has 0 radical (unpaired) electrons. The maximum Gasteiger partial charge on any atom is 0.299 e. The second-order valence-corrected chi connectivity index (χ2v) is 9.07. The van der Waals surface area contributed by atoms with Gasteiger partial charge in [-0.1, -0.05) is 18.2 Å². The van der Waals surface area contributed by atoms with Crippen molar-refractivity contribution in [2.24, 2.45) is 0 Å². The SMILES string of the molecule is COc1ccc(-n2ncc(Oc3cccc(C)c3C)c(Nc3cccc(C(=O)NCc4ccco4)c3)c2=O)cc1. The van der Waals surface area contributed by atoms with Gasteiger partial charge < -0.3 is 24.5 Å². The lowest BCUT2D eigenvalue weighted by Gasteiger charge is -2.16. The first-order chi connectivity index (χ1) is 19.4. The number of nitrogens with one attached hydrogen (secondary N) is 2. The maximum atomic E-state index is 13.8. The number of nitrogens with zero attached hydrogens (tertiary/aromatic N) is 2. The molecule has 0 saturated heterocycles. The lowest BCUT2D eigenvalue weighted by molar-refractivity contribution is 0.0948. The molecule has 0 unspecified atom stereocenters. The number of anilines is 2. The van der Waals surface area contributed by atoms with Crippen LogP contribution in [0.15, 0.2) is 101 Å². The molecule has 0 spiro atoms. The van der Waals surface area contributed by atoms with Crippen LogP contribution in [-0.4, -0.2) is 22.8 Å². The summed E-state index contributed by atoms with van der Waals surface area (Å²) < 4.78 is 18.0. The number of amides is 1. The van der Waals surface area contributed by atoms with Gasteiger partial charge in [0.15, 0.2) is 11.4 Å². The standard InChI is InChI=1S/C31H28N4O5/c1-20-7-4-11-27(21(20)2)40-28-19-33-35(24-12-14-25(38-3)15-13-24)31(37)29(28)34-23-9-5-8-22(17-23)30(36)32-18-26-10-6-16-39-26/h4-17,19,34H,18H2,1-3H3,(H,32,36). The third kappa shape index (κ3) is 5.73. The number of furan rings is 1. The molecule has 2 heterocycles. The van der Waals surface area contributed by atoms with Crippen LogP contribution in [-0.2, 0) is 6.54 Å². The number of carbonyl (C=O) groups excluding carboxylic acids is 1. The molecule has 5 aromatic rings. The fourth-order valence-electron chi connectivity index (χ4n) is 4.06. The Morgan fingerprint density at radius 2 is 1.77 bits per heavy atom. The molecule has 2 N–H and O–H groups in total. The first-order valence-electron chi connectivity index (χ1n) is 12.6. The smallest absolute Gasteiger partial charge is 0.299 e. The highest BCUT2D eigenvalue weighted by Crippen LogP contribution is 2.32. The molecule has 0 bridgehead atoms. The fraction of sp³-hybridized carbons (Fsp3) is 0.129. The van der Waals surface area contributed by atoms with Gasteiger partial charge in [-0.15, -0.1) is 0 Å². The Kier molecular flexibility index (Phi) is 7.63. The van der Waals surface area contributed by atoms with Gasteiger partial charge in [-0.25, -0.2) is 0 Å². The molecule has 40 heavy (non-hydrogen) atoms. The Balaban J connectivity index is 1.50. The summed E-state index contributed by atoms with van der Waals surface area (Å²) in [5.41, 5.74) is 3.24. The van der Waals surface area contributed by atoms with Crippen molar-refractivity contribution in [3.8, 4) is 22.9 Å². The summed E-state index contributed by atoms with van der Waals surface area (Å²) in [6.45, 7) is 4.20. The van der Waals surface area contributed by atoms with Crippen LogP contribution >= 0.6 is 0 Å². The van der Waals surface area contributed by atoms with E-state index in [1.54, 1.807) is 74.0 Å². The molecule has 0 fully saturated rings. The summed E-state index contributed by atoms with van der Waals surface area (Å²) in [7, 11) is 1.58. The molecule has 0 aliphatic rings. The van der Waals surface area contributed by atoms with E-state index in [1.165, 1.54) is 10.9 Å². The van der Waals surface area contributed by atoms with Gasteiger partial charge in [0.25, 0.3) is 11.5 Å². The predicted molar refractivity (Wildman–Crippen MR) is 152 cm³/mol. The molecule has 0 aliphatic heterocycles. The molecule has 1 amide bonds. The number of benzene rings is 3. The average molecular weight is 537 g/mol. The van der Waals surface area contributed by atoms with Crippen LogP contribution in [0.25, 0.3) is 5.69 Å². The summed E-state index contributed by atoms with van der Waals surface area (Å²) in [5.74, 6) is 1.88. The van der Waals surface area contributed by atoms with Crippen molar-refractivity contribution in [3.63, 3.8) is 0 Å². The first kappa shape index (κ1) is 26.3. The Morgan fingerprint density at radius 1 is 0.975 bits per heavy atom. The molecule has 5 rings (SSSR count). The number of hydrogen-bond acceptors (Lipinski definition) is 7. The zero-order chi connectivity index (χ0) is 28.1. The molecule has 202 valence electrons. The number of ether oxygens (including phenoxy) is 2. The van der Waals surface area contributed by atoms with E-state index in [2.05, 4.69) is 15.7 Å². The number of aryl methyl sites for hydroxylation is 1. The second-order valence-electron chi connectivity index (χ2n) is 9.07. The van der Waals surface area contributed by atoms with Crippen molar-refractivity contribution in [2.75, 3.05) is 12.4 Å². The molecular weight excluding hydrogens is 508 g/mol. The van der Waals surface area contributed by atoms with Gasteiger partial charge in [0.05, 0.1) is 31.8 Å².